The minimum Gasteiger partial charge on any atom is -0.462 e. The molecule has 0 saturated carbocycles. The van der Waals surface area contributed by atoms with Crippen molar-refractivity contribution in [3.8, 4) is 0 Å². The van der Waals surface area contributed by atoms with E-state index in [1.807, 2.05) is 0 Å². The van der Waals surface area contributed by atoms with Crippen LogP contribution in [0, 0.1) is 0 Å². The molecule has 0 aromatic heterocycles. The molecule has 21 heavy (non-hydrogen) atoms. The molecular formula is C16H24N2O3. The molecule has 3 N–H and O–H groups in total. The van der Waals surface area contributed by atoms with Crippen LogP contribution in [0.5, 0.6) is 0 Å². The van der Waals surface area contributed by atoms with Crippen molar-refractivity contribution in [2.75, 3.05) is 18.5 Å². The summed E-state index contributed by atoms with van der Waals surface area (Å²) in [6.07, 6.45) is 4.47. The van der Waals surface area contributed by atoms with Crippen LogP contribution in [-0.2, 0) is 9.53 Å². The Labute approximate surface area is 125 Å². The molecule has 1 aromatic rings. The van der Waals surface area contributed by atoms with E-state index in [0.717, 1.165) is 25.7 Å². The summed E-state index contributed by atoms with van der Waals surface area (Å²) in [4.78, 5) is 23.2. The van der Waals surface area contributed by atoms with Gasteiger partial charge in [0.25, 0.3) is 0 Å². The maximum atomic E-state index is 11.7. The lowest BCUT2D eigenvalue weighted by molar-refractivity contribution is -0.116. The van der Waals surface area contributed by atoms with E-state index in [-0.39, 0.29) is 11.9 Å². The summed E-state index contributed by atoms with van der Waals surface area (Å²) >= 11 is 0. The molecule has 5 nitrogen and oxygen atoms in total. The third kappa shape index (κ3) is 6.90. The number of benzene rings is 1. The summed E-state index contributed by atoms with van der Waals surface area (Å²) in [6, 6.07) is 6.71. The highest BCUT2D eigenvalue weighted by Gasteiger charge is 2.07. The van der Waals surface area contributed by atoms with Gasteiger partial charge >= 0.3 is 5.97 Å². The number of nitrogens with two attached hydrogens (primary N) is 1. The Hall–Kier alpha value is -1.88. The number of anilines is 1. The van der Waals surface area contributed by atoms with Crippen LogP contribution in [0.15, 0.2) is 24.3 Å². The highest BCUT2D eigenvalue weighted by Crippen LogP contribution is 2.12. The predicted molar refractivity (Wildman–Crippen MR) is 83.2 cm³/mol. The van der Waals surface area contributed by atoms with Crippen LogP contribution in [0.3, 0.4) is 0 Å². The maximum Gasteiger partial charge on any atom is 0.338 e. The molecule has 0 unspecified atom stereocenters. The Balaban J connectivity index is 2.34. The van der Waals surface area contributed by atoms with E-state index in [1.54, 1.807) is 31.2 Å². The zero-order valence-corrected chi connectivity index (χ0v) is 12.6. The zero-order valence-electron chi connectivity index (χ0n) is 12.6. The van der Waals surface area contributed by atoms with Gasteiger partial charge in [-0.1, -0.05) is 12.8 Å². The first kappa shape index (κ1) is 17.2. The average Bonchev–Trinajstić information content (AvgIpc) is 2.48. The number of hydrogen-bond donors (Lipinski definition) is 2. The van der Waals surface area contributed by atoms with Gasteiger partial charge in [-0.05, 0) is 50.6 Å². The number of esters is 1. The minimum absolute atomic E-state index is 0.00775. The second kappa shape index (κ2) is 9.94. The molecule has 0 fully saturated rings. The molecule has 0 aliphatic heterocycles. The summed E-state index contributed by atoms with van der Waals surface area (Å²) in [5.74, 6) is -0.359. The Morgan fingerprint density at radius 2 is 1.76 bits per heavy atom. The first-order chi connectivity index (χ1) is 10.2. The van der Waals surface area contributed by atoms with Crippen molar-refractivity contribution in [1.29, 1.82) is 0 Å². The van der Waals surface area contributed by atoms with Gasteiger partial charge in [0.2, 0.25) is 5.91 Å². The molecule has 0 atom stereocenters. The summed E-state index contributed by atoms with van der Waals surface area (Å²) < 4.78 is 4.90. The Kier molecular flexibility index (Phi) is 8.12. The second-order valence-electron chi connectivity index (χ2n) is 4.80. The second-order valence-corrected chi connectivity index (χ2v) is 4.80. The number of ether oxygens (including phenoxy) is 1. The van der Waals surface area contributed by atoms with Crippen molar-refractivity contribution in [2.45, 2.75) is 39.0 Å². The van der Waals surface area contributed by atoms with Crippen molar-refractivity contribution < 1.29 is 14.3 Å². The molecule has 5 heteroatoms. The first-order valence-electron chi connectivity index (χ1n) is 7.44. The first-order valence-corrected chi connectivity index (χ1v) is 7.44. The van der Waals surface area contributed by atoms with Gasteiger partial charge in [-0.25, -0.2) is 4.79 Å². The Morgan fingerprint density at radius 1 is 1.10 bits per heavy atom. The van der Waals surface area contributed by atoms with Crippen LogP contribution < -0.4 is 11.1 Å². The molecule has 0 saturated heterocycles. The predicted octanol–water partition coefficient (Wildman–Crippen LogP) is 2.71. The average molecular weight is 292 g/mol. The fourth-order valence-electron chi connectivity index (χ4n) is 1.91. The number of rotatable bonds is 9. The van der Waals surface area contributed by atoms with Crippen molar-refractivity contribution >= 4 is 17.6 Å². The highest BCUT2D eigenvalue weighted by molar-refractivity contribution is 5.93. The third-order valence-electron chi connectivity index (χ3n) is 3.04. The van der Waals surface area contributed by atoms with E-state index < -0.39 is 0 Å². The molecule has 0 heterocycles. The van der Waals surface area contributed by atoms with E-state index in [1.165, 1.54) is 0 Å². The van der Waals surface area contributed by atoms with E-state index in [4.69, 9.17) is 10.5 Å². The quantitative estimate of drug-likeness (QED) is 0.541. The van der Waals surface area contributed by atoms with E-state index >= 15 is 0 Å². The highest BCUT2D eigenvalue weighted by atomic mass is 16.5. The van der Waals surface area contributed by atoms with Crippen molar-refractivity contribution in [1.82, 2.24) is 0 Å². The lowest BCUT2D eigenvalue weighted by Crippen LogP contribution is -2.11. The molecule has 0 bridgehead atoms. The monoisotopic (exact) mass is 292 g/mol. The lowest BCUT2D eigenvalue weighted by Gasteiger charge is -2.06. The molecule has 116 valence electrons. The van der Waals surface area contributed by atoms with Crippen LogP contribution >= 0.6 is 0 Å². The number of hydrogen-bond acceptors (Lipinski definition) is 4. The van der Waals surface area contributed by atoms with Gasteiger partial charge in [-0.15, -0.1) is 0 Å². The molecule has 1 rings (SSSR count). The van der Waals surface area contributed by atoms with Crippen LogP contribution in [-0.4, -0.2) is 25.0 Å². The van der Waals surface area contributed by atoms with E-state index in [0.29, 0.717) is 30.8 Å². The van der Waals surface area contributed by atoms with Gasteiger partial charge in [0, 0.05) is 12.1 Å². The SMILES string of the molecule is CCOC(=O)c1ccc(NC(=O)CCCCCCN)cc1. The van der Waals surface area contributed by atoms with Gasteiger partial charge in [0.15, 0.2) is 0 Å². The van der Waals surface area contributed by atoms with Crippen molar-refractivity contribution in [3.63, 3.8) is 0 Å². The molecule has 1 amide bonds. The largest absolute Gasteiger partial charge is 0.462 e. The number of carbonyl (C=O) groups is 2. The van der Waals surface area contributed by atoms with Crippen LogP contribution in [0.25, 0.3) is 0 Å². The minimum atomic E-state index is -0.352. The van der Waals surface area contributed by atoms with E-state index in [9.17, 15) is 9.59 Å². The summed E-state index contributed by atoms with van der Waals surface area (Å²) in [5.41, 5.74) is 6.59. The van der Waals surface area contributed by atoms with Crippen molar-refractivity contribution in [2.24, 2.45) is 5.73 Å². The van der Waals surface area contributed by atoms with Crippen LogP contribution in [0.1, 0.15) is 49.4 Å². The number of nitrogens with one attached hydrogen (secondary N) is 1. The molecule has 0 aliphatic rings. The normalized spacial score (nSPS) is 10.2. The van der Waals surface area contributed by atoms with Gasteiger partial charge in [0.1, 0.15) is 0 Å². The Morgan fingerprint density at radius 3 is 2.38 bits per heavy atom. The fraction of sp³-hybridized carbons (Fsp3) is 0.500. The van der Waals surface area contributed by atoms with Crippen LogP contribution in [0.2, 0.25) is 0 Å². The van der Waals surface area contributed by atoms with Gasteiger partial charge in [0.05, 0.1) is 12.2 Å². The molecule has 1 aromatic carbocycles. The molecular weight excluding hydrogens is 268 g/mol. The summed E-state index contributed by atoms with van der Waals surface area (Å²) in [6.45, 7) is 2.82. The summed E-state index contributed by atoms with van der Waals surface area (Å²) in [7, 11) is 0. The molecule has 0 spiro atoms. The smallest absolute Gasteiger partial charge is 0.338 e. The standard InChI is InChI=1S/C16H24N2O3/c1-2-21-16(20)13-8-10-14(11-9-13)18-15(19)7-5-3-4-6-12-17/h8-11H,2-7,12,17H2,1H3,(H,18,19). The molecule has 0 aliphatic carbocycles. The number of carbonyl (C=O) groups excluding carboxylic acids is 2. The van der Waals surface area contributed by atoms with E-state index in [2.05, 4.69) is 5.32 Å². The van der Waals surface area contributed by atoms with Gasteiger partial charge in [-0.2, -0.15) is 0 Å². The Bertz CT molecular complexity index is 443. The number of amides is 1. The fourth-order valence-corrected chi connectivity index (χ4v) is 1.91. The lowest BCUT2D eigenvalue weighted by atomic mass is 10.1. The number of unbranched alkanes of at least 4 members (excludes halogenated alkanes) is 3. The summed E-state index contributed by atoms with van der Waals surface area (Å²) in [5, 5.41) is 2.82. The molecule has 0 radical (unpaired) electrons. The van der Waals surface area contributed by atoms with Crippen molar-refractivity contribution in [3.05, 3.63) is 29.8 Å². The van der Waals surface area contributed by atoms with Gasteiger partial charge < -0.3 is 15.8 Å². The zero-order chi connectivity index (χ0) is 15.5. The maximum absolute atomic E-state index is 11.7. The topological polar surface area (TPSA) is 81.4 Å². The van der Waals surface area contributed by atoms with Crippen LogP contribution in [0.4, 0.5) is 5.69 Å². The third-order valence-corrected chi connectivity index (χ3v) is 3.04. The van der Waals surface area contributed by atoms with Gasteiger partial charge in [-0.3, -0.25) is 4.79 Å².